The number of nitrogens with zero attached hydrogens (tertiary/aromatic N) is 3. The van der Waals surface area contributed by atoms with Crippen LogP contribution in [0.2, 0.25) is 0 Å². The highest BCUT2D eigenvalue weighted by molar-refractivity contribution is 7.07. The Labute approximate surface area is 119 Å². The first-order valence-electron chi connectivity index (χ1n) is 6.10. The Morgan fingerprint density at radius 1 is 1.25 bits per heavy atom. The smallest absolute Gasteiger partial charge is 0.273 e. The summed E-state index contributed by atoms with van der Waals surface area (Å²) in [4.78, 5) is 13.4. The van der Waals surface area contributed by atoms with E-state index >= 15 is 0 Å². The fourth-order valence-electron chi connectivity index (χ4n) is 1.72. The molecule has 1 amide bonds. The van der Waals surface area contributed by atoms with E-state index < -0.39 is 0 Å². The molecule has 0 bridgehead atoms. The van der Waals surface area contributed by atoms with E-state index in [4.69, 9.17) is 0 Å². The van der Waals surface area contributed by atoms with Gasteiger partial charge in [0.1, 0.15) is 0 Å². The number of rotatable bonds is 4. The summed E-state index contributed by atoms with van der Waals surface area (Å²) in [5.41, 5.74) is 2.22. The van der Waals surface area contributed by atoms with Crippen molar-refractivity contribution in [3.63, 3.8) is 0 Å². The number of hydrogen-bond donors (Lipinski definition) is 1. The zero-order chi connectivity index (χ0) is 13.8. The summed E-state index contributed by atoms with van der Waals surface area (Å²) in [6, 6.07) is 11.5. The minimum Gasteiger partial charge on any atom is -0.346 e. The minimum absolute atomic E-state index is 0.224. The molecule has 0 saturated heterocycles. The number of aromatic nitrogens is 3. The molecule has 3 aromatic rings. The number of hydrogen-bond acceptors (Lipinski definition) is 4. The summed E-state index contributed by atoms with van der Waals surface area (Å²) in [6.45, 7) is 0.501. The predicted molar refractivity (Wildman–Crippen MR) is 76.8 cm³/mol. The summed E-state index contributed by atoms with van der Waals surface area (Å²) in [5.74, 6) is -0.224. The van der Waals surface area contributed by atoms with Crippen molar-refractivity contribution in [2.75, 3.05) is 0 Å². The molecule has 0 radical (unpaired) electrons. The first-order valence-corrected chi connectivity index (χ1v) is 7.04. The molecule has 100 valence electrons. The van der Waals surface area contributed by atoms with Crippen LogP contribution >= 0.6 is 11.3 Å². The maximum atomic E-state index is 12.0. The maximum absolute atomic E-state index is 12.0. The number of nitrogens with one attached hydrogen (secondary N) is 1. The summed E-state index contributed by atoms with van der Waals surface area (Å²) in [7, 11) is 0. The average Bonchev–Trinajstić information content (AvgIpc) is 3.17. The quantitative estimate of drug-likeness (QED) is 0.799. The maximum Gasteiger partial charge on any atom is 0.273 e. The SMILES string of the molecule is O=C(NCc1ccsc1)c1cnn(-c2ccccc2)n1. The molecule has 5 nitrogen and oxygen atoms in total. The van der Waals surface area contributed by atoms with Crippen LogP contribution in [0.3, 0.4) is 0 Å². The molecule has 3 rings (SSSR count). The third-order valence-corrected chi connectivity index (χ3v) is 3.48. The van der Waals surface area contributed by atoms with E-state index in [1.165, 1.54) is 11.0 Å². The monoisotopic (exact) mass is 284 g/mol. The second-order valence-corrected chi connectivity index (χ2v) is 4.95. The van der Waals surface area contributed by atoms with Gasteiger partial charge in [-0.25, -0.2) is 0 Å². The standard InChI is InChI=1S/C14H12N4OS/c19-14(15-8-11-6-7-20-10-11)13-9-16-18(17-13)12-4-2-1-3-5-12/h1-7,9-10H,8H2,(H,15,19). The Bertz CT molecular complexity index is 691. The molecule has 6 heteroatoms. The Balaban J connectivity index is 1.69. The first kappa shape index (κ1) is 12.6. The van der Waals surface area contributed by atoms with Gasteiger partial charge < -0.3 is 5.32 Å². The van der Waals surface area contributed by atoms with Crippen LogP contribution in [0.1, 0.15) is 16.1 Å². The van der Waals surface area contributed by atoms with E-state index in [0.29, 0.717) is 12.2 Å². The molecule has 0 spiro atoms. The number of carbonyl (C=O) groups is 1. The van der Waals surface area contributed by atoms with Gasteiger partial charge >= 0.3 is 0 Å². The fourth-order valence-corrected chi connectivity index (χ4v) is 2.39. The number of carbonyl (C=O) groups excluding carboxylic acids is 1. The highest BCUT2D eigenvalue weighted by Gasteiger charge is 2.11. The Morgan fingerprint density at radius 2 is 2.10 bits per heavy atom. The topological polar surface area (TPSA) is 59.8 Å². The van der Waals surface area contributed by atoms with Crippen molar-refractivity contribution in [2.45, 2.75) is 6.54 Å². The van der Waals surface area contributed by atoms with E-state index in [2.05, 4.69) is 15.5 Å². The Morgan fingerprint density at radius 3 is 2.85 bits per heavy atom. The van der Waals surface area contributed by atoms with Gasteiger partial charge in [-0.15, -0.1) is 5.10 Å². The molecule has 0 aliphatic carbocycles. The summed E-state index contributed by atoms with van der Waals surface area (Å²) in [6.07, 6.45) is 1.47. The van der Waals surface area contributed by atoms with Gasteiger partial charge in [-0.1, -0.05) is 18.2 Å². The second kappa shape index (κ2) is 5.66. The van der Waals surface area contributed by atoms with Crippen LogP contribution in [0.25, 0.3) is 5.69 Å². The van der Waals surface area contributed by atoms with E-state index in [1.807, 2.05) is 47.2 Å². The lowest BCUT2D eigenvalue weighted by Gasteiger charge is -2.00. The van der Waals surface area contributed by atoms with Gasteiger partial charge in [0.25, 0.3) is 5.91 Å². The molecule has 2 heterocycles. The molecule has 2 aromatic heterocycles. The van der Waals surface area contributed by atoms with Crippen molar-refractivity contribution in [1.82, 2.24) is 20.3 Å². The van der Waals surface area contributed by atoms with Crippen LogP contribution in [-0.4, -0.2) is 20.9 Å². The van der Waals surface area contributed by atoms with Gasteiger partial charge in [0.05, 0.1) is 11.9 Å². The number of amides is 1. The number of thiophene rings is 1. The van der Waals surface area contributed by atoms with Crippen LogP contribution in [0.5, 0.6) is 0 Å². The highest BCUT2D eigenvalue weighted by Crippen LogP contribution is 2.06. The van der Waals surface area contributed by atoms with E-state index in [-0.39, 0.29) is 5.91 Å². The minimum atomic E-state index is -0.224. The number of benzene rings is 1. The van der Waals surface area contributed by atoms with Crippen molar-refractivity contribution < 1.29 is 4.79 Å². The Hall–Kier alpha value is -2.47. The molecular formula is C14H12N4OS. The predicted octanol–water partition coefficient (Wildman–Crippen LogP) is 2.26. The third-order valence-electron chi connectivity index (χ3n) is 2.74. The summed E-state index contributed by atoms with van der Waals surface area (Å²) >= 11 is 1.61. The number of para-hydroxylation sites is 1. The van der Waals surface area contributed by atoms with Crippen molar-refractivity contribution in [3.05, 3.63) is 64.6 Å². The molecule has 0 atom stereocenters. The van der Waals surface area contributed by atoms with Crippen molar-refractivity contribution >= 4 is 17.2 Å². The lowest BCUT2D eigenvalue weighted by molar-refractivity contribution is 0.0945. The molecule has 0 saturated carbocycles. The molecule has 1 aromatic carbocycles. The van der Waals surface area contributed by atoms with Gasteiger partial charge in [-0.2, -0.15) is 21.2 Å². The molecule has 20 heavy (non-hydrogen) atoms. The van der Waals surface area contributed by atoms with Gasteiger partial charge in [0, 0.05) is 6.54 Å². The van der Waals surface area contributed by atoms with E-state index in [1.54, 1.807) is 11.3 Å². The van der Waals surface area contributed by atoms with Crippen molar-refractivity contribution in [3.8, 4) is 5.69 Å². The zero-order valence-electron chi connectivity index (χ0n) is 10.6. The van der Waals surface area contributed by atoms with E-state index in [9.17, 15) is 4.79 Å². The van der Waals surface area contributed by atoms with Crippen molar-refractivity contribution in [1.29, 1.82) is 0 Å². The lowest BCUT2D eigenvalue weighted by Crippen LogP contribution is -2.23. The highest BCUT2D eigenvalue weighted by atomic mass is 32.1. The zero-order valence-corrected chi connectivity index (χ0v) is 11.4. The lowest BCUT2D eigenvalue weighted by atomic mass is 10.3. The molecule has 0 aliphatic heterocycles. The van der Waals surface area contributed by atoms with Crippen LogP contribution in [0.4, 0.5) is 0 Å². The normalized spacial score (nSPS) is 10.4. The van der Waals surface area contributed by atoms with Crippen LogP contribution in [-0.2, 0) is 6.54 Å². The van der Waals surface area contributed by atoms with Gasteiger partial charge in [0.2, 0.25) is 0 Å². The first-order chi connectivity index (χ1) is 9.83. The summed E-state index contributed by atoms with van der Waals surface area (Å²) < 4.78 is 0. The second-order valence-electron chi connectivity index (χ2n) is 4.17. The fraction of sp³-hybridized carbons (Fsp3) is 0.0714. The van der Waals surface area contributed by atoms with Gasteiger partial charge in [-0.05, 0) is 34.5 Å². The largest absolute Gasteiger partial charge is 0.346 e. The average molecular weight is 284 g/mol. The van der Waals surface area contributed by atoms with Crippen LogP contribution in [0.15, 0.2) is 53.4 Å². The Kier molecular flexibility index (Phi) is 3.56. The van der Waals surface area contributed by atoms with Gasteiger partial charge in [-0.3, -0.25) is 4.79 Å². The van der Waals surface area contributed by atoms with Crippen LogP contribution < -0.4 is 5.32 Å². The molecule has 0 unspecified atom stereocenters. The van der Waals surface area contributed by atoms with E-state index in [0.717, 1.165) is 11.3 Å². The summed E-state index contributed by atoms with van der Waals surface area (Å²) in [5, 5.41) is 15.1. The molecular weight excluding hydrogens is 272 g/mol. The van der Waals surface area contributed by atoms with Gasteiger partial charge in [0.15, 0.2) is 5.69 Å². The van der Waals surface area contributed by atoms with Crippen molar-refractivity contribution in [2.24, 2.45) is 0 Å². The molecule has 0 fully saturated rings. The molecule has 0 aliphatic rings. The molecule has 1 N–H and O–H groups in total. The third kappa shape index (κ3) is 2.75. The van der Waals surface area contributed by atoms with Crippen LogP contribution in [0, 0.1) is 0 Å².